The van der Waals surface area contributed by atoms with Crippen molar-refractivity contribution in [3.05, 3.63) is 86.5 Å². The number of unbranched alkanes of at least 4 members (excludes halogenated alkanes) is 8. The van der Waals surface area contributed by atoms with Gasteiger partial charge in [0.25, 0.3) is 0 Å². The van der Waals surface area contributed by atoms with Crippen LogP contribution in [-0.4, -0.2) is 4.70 Å². The Labute approximate surface area is 246 Å². The van der Waals surface area contributed by atoms with Crippen LogP contribution >= 0.6 is 0 Å². The summed E-state index contributed by atoms with van der Waals surface area (Å²) in [7, 11) is 0. The van der Waals surface area contributed by atoms with Gasteiger partial charge in [0.15, 0.2) is 0 Å². The lowest BCUT2D eigenvalue weighted by Crippen LogP contribution is -2.05. The third-order valence-corrected chi connectivity index (χ3v) is 8.90. The van der Waals surface area contributed by atoms with Gasteiger partial charge >= 0.3 is 0 Å². The molecule has 0 bridgehead atoms. The first-order valence-electron chi connectivity index (χ1n) is 16.7. The summed E-state index contributed by atoms with van der Waals surface area (Å²) in [4.78, 5) is 0. The Bertz CT molecular complexity index is 1180. The summed E-state index contributed by atoms with van der Waals surface area (Å²) in [5.74, 6) is 0. The second-order valence-electron chi connectivity index (χ2n) is 11.7. The largest absolute Gasteiger partial charge is 0.493 e. The third kappa shape index (κ3) is 7.83. The SMILES string of the molecule is CCCCCCCCC1=C(c2ccc(CC)c(CC)c2)[N+](=[N-])C(c2ccc(CC)c(CC)c2)=C1CCCCCC. The summed E-state index contributed by atoms with van der Waals surface area (Å²) in [5, 5.41) is 0. The topological polar surface area (TPSA) is 25.3 Å². The molecule has 0 spiro atoms. The van der Waals surface area contributed by atoms with E-state index in [1.807, 2.05) is 0 Å². The molecule has 0 saturated carbocycles. The molecule has 0 unspecified atom stereocenters. The van der Waals surface area contributed by atoms with Crippen LogP contribution in [0.5, 0.6) is 0 Å². The fourth-order valence-electron chi connectivity index (χ4n) is 6.49. The zero-order valence-corrected chi connectivity index (χ0v) is 26.7. The summed E-state index contributed by atoms with van der Waals surface area (Å²) < 4.78 is 1.59. The molecule has 1 aliphatic rings. The Morgan fingerprint density at radius 1 is 0.475 bits per heavy atom. The highest BCUT2D eigenvalue weighted by Gasteiger charge is 2.35. The van der Waals surface area contributed by atoms with Gasteiger partial charge in [0.05, 0.1) is 0 Å². The van der Waals surface area contributed by atoms with Gasteiger partial charge in [-0.25, -0.2) is 4.70 Å². The van der Waals surface area contributed by atoms with Gasteiger partial charge in [-0.05, 0) is 97.9 Å². The third-order valence-electron chi connectivity index (χ3n) is 8.90. The van der Waals surface area contributed by atoms with Gasteiger partial charge in [0.2, 0.25) is 11.4 Å². The van der Waals surface area contributed by atoms with Crippen molar-refractivity contribution < 1.29 is 4.70 Å². The molecule has 0 aromatic heterocycles. The normalized spacial score (nSPS) is 13.7. The Morgan fingerprint density at radius 2 is 0.850 bits per heavy atom. The Hall–Kier alpha value is -2.48. The maximum absolute atomic E-state index is 12.1. The van der Waals surface area contributed by atoms with Crippen LogP contribution in [0.15, 0.2) is 47.5 Å². The molecule has 2 nitrogen and oxygen atoms in total. The number of nitrogens with zero attached hydrogens (tertiary/aromatic N) is 2. The molecule has 1 heterocycles. The Morgan fingerprint density at radius 3 is 1.25 bits per heavy atom. The summed E-state index contributed by atoms with van der Waals surface area (Å²) in [6.07, 6.45) is 18.9. The standard InChI is InChI=1S/C38H56N2/c1-7-13-15-17-18-20-22-36-35(21-19-16-14-8-2)37(33-25-23-29(9-3)31(11-5)27-33)40(39)38(36)34-26-24-30(10-4)32(12-6)28-34/h23-28H,7-22H2,1-6H3. The molecular formula is C38H56N2. The van der Waals surface area contributed by atoms with Crippen LogP contribution in [0.4, 0.5) is 0 Å². The van der Waals surface area contributed by atoms with Gasteiger partial charge in [0.1, 0.15) is 0 Å². The quantitative estimate of drug-likeness (QED) is 0.133. The van der Waals surface area contributed by atoms with Crippen molar-refractivity contribution in [2.75, 3.05) is 0 Å². The molecule has 0 atom stereocenters. The molecule has 0 N–H and O–H groups in total. The number of hydrogen-bond donors (Lipinski definition) is 0. The fourth-order valence-corrected chi connectivity index (χ4v) is 6.49. The van der Waals surface area contributed by atoms with Crippen LogP contribution in [0, 0.1) is 0 Å². The van der Waals surface area contributed by atoms with E-state index in [4.69, 9.17) is 0 Å². The average molecular weight is 541 g/mol. The van der Waals surface area contributed by atoms with Crippen LogP contribution < -0.4 is 0 Å². The lowest BCUT2D eigenvalue weighted by atomic mass is 9.90. The number of aryl methyl sites for hydroxylation is 4. The van der Waals surface area contributed by atoms with E-state index in [9.17, 15) is 5.53 Å². The molecule has 0 aliphatic carbocycles. The van der Waals surface area contributed by atoms with Crippen molar-refractivity contribution in [1.82, 2.24) is 0 Å². The molecule has 40 heavy (non-hydrogen) atoms. The van der Waals surface area contributed by atoms with Crippen molar-refractivity contribution in [1.29, 1.82) is 0 Å². The number of hydrogen-bond acceptors (Lipinski definition) is 0. The van der Waals surface area contributed by atoms with Crippen LogP contribution in [0.2, 0.25) is 0 Å². The first kappa shape index (κ1) is 32.0. The zero-order chi connectivity index (χ0) is 28.9. The van der Waals surface area contributed by atoms with Gasteiger partial charge in [-0.2, -0.15) is 0 Å². The molecule has 2 aromatic rings. The van der Waals surface area contributed by atoms with Gasteiger partial charge in [-0.3, -0.25) is 0 Å². The highest BCUT2D eigenvalue weighted by atomic mass is 15.2. The lowest BCUT2D eigenvalue weighted by molar-refractivity contribution is -0.345. The second kappa shape index (κ2) is 16.7. The van der Waals surface area contributed by atoms with Crippen LogP contribution in [0.25, 0.3) is 16.9 Å². The molecule has 0 amide bonds. The number of allylic oxidation sites excluding steroid dienone is 2. The van der Waals surface area contributed by atoms with E-state index in [1.54, 1.807) is 4.70 Å². The molecular weight excluding hydrogens is 484 g/mol. The smallest absolute Gasteiger partial charge is 0.211 e. The van der Waals surface area contributed by atoms with Crippen molar-refractivity contribution in [2.45, 2.75) is 144 Å². The van der Waals surface area contributed by atoms with Crippen LogP contribution in [-0.2, 0) is 25.7 Å². The molecule has 0 saturated heterocycles. The van der Waals surface area contributed by atoms with Gasteiger partial charge < -0.3 is 5.53 Å². The highest BCUT2D eigenvalue weighted by Crippen LogP contribution is 2.45. The Kier molecular flexibility index (Phi) is 13.4. The van der Waals surface area contributed by atoms with Crippen molar-refractivity contribution in [2.24, 2.45) is 0 Å². The molecule has 218 valence electrons. The van der Waals surface area contributed by atoms with Crippen molar-refractivity contribution in [3.8, 4) is 0 Å². The maximum atomic E-state index is 12.1. The van der Waals surface area contributed by atoms with E-state index >= 15 is 0 Å². The van der Waals surface area contributed by atoms with Crippen molar-refractivity contribution >= 4 is 11.4 Å². The highest BCUT2D eigenvalue weighted by molar-refractivity contribution is 5.82. The van der Waals surface area contributed by atoms with Gasteiger partial charge in [0, 0.05) is 22.3 Å². The predicted octanol–water partition coefficient (Wildman–Crippen LogP) is 11.8. The number of benzene rings is 2. The molecule has 2 aromatic carbocycles. The average Bonchev–Trinajstić information content (AvgIpc) is 3.26. The lowest BCUT2D eigenvalue weighted by Gasteiger charge is -2.14. The van der Waals surface area contributed by atoms with E-state index in [0.29, 0.717) is 0 Å². The predicted molar refractivity (Wildman–Crippen MR) is 175 cm³/mol. The van der Waals surface area contributed by atoms with E-state index in [0.717, 1.165) is 49.9 Å². The molecule has 0 radical (unpaired) electrons. The first-order valence-corrected chi connectivity index (χ1v) is 16.7. The van der Waals surface area contributed by atoms with Crippen molar-refractivity contribution in [3.63, 3.8) is 0 Å². The minimum atomic E-state index is 1.02. The molecule has 1 aliphatic heterocycles. The van der Waals surface area contributed by atoms with Crippen LogP contribution in [0.3, 0.4) is 0 Å². The van der Waals surface area contributed by atoms with E-state index in [2.05, 4.69) is 77.9 Å². The van der Waals surface area contributed by atoms with Gasteiger partial charge in [-0.15, -0.1) is 0 Å². The second-order valence-corrected chi connectivity index (χ2v) is 11.7. The summed E-state index contributed by atoms with van der Waals surface area (Å²) in [6.45, 7) is 13.5. The zero-order valence-electron chi connectivity index (χ0n) is 26.7. The Balaban J connectivity index is 2.12. The van der Waals surface area contributed by atoms with E-state index in [1.165, 1.54) is 109 Å². The fraction of sp³-hybridized carbons (Fsp3) is 0.579. The summed E-state index contributed by atoms with van der Waals surface area (Å²) in [6, 6.07) is 13.8. The molecule has 2 heteroatoms. The van der Waals surface area contributed by atoms with E-state index in [-0.39, 0.29) is 0 Å². The number of rotatable bonds is 18. The van der Waals surface area contributed by atoms with E-state index < -0.39 is 0 Å². The minimum absolute atomic E-state index is 1.02. The molecule has 3 rings (SSSR count). The van der Waals surface area contributed by atoms with Crippen LogP contribution in [0.1, 0.15) is 152 Å². The molecule has 0 fully saturated rings. The summed E-state index contributed by atoms with van der Waals surface area (Å²) in [5.41, 5.74) is 24.9. The first-order chi connectivity index (χ1) is 19.5. The maximum Gasteiger partial charge on any atom is 0.211 e. The monoisotopic (exact) mass is 540 g/mol. The summed E-state index contributed by atoms with van der Waals surface area (Å²) >= 11 is 0. The minimum Gasteiger partial charge on any atom is -0.493 e. The van der Waals surface area contributed by atoms with Gasteiger partial charge in [-0.1, -0.05) is 105 Å².